The summed E-state index contributed by atoms with van der Waals surface area (Å²) in [5.74, 6) is -3.96. The molecule has 0 unspecified atom stereocenters. The molecule has 0 bridgehead atoms. The van der Waals surface area contributed by atoms with Gasteiger partial charge in [0, 0.05) is 25.5 Å². The number of nitrogens with zero attached hydrogens (tertiary/aromatic N) is 1. The van der Waals surface area contributed by atoms with E-state index in [9.17, 15) is 24.0 Å². The van der Waals surface area contributed by atoms with Gasteiger partial charge in [0.05, 0.1) is 25.2 Å². The number of carbonyl (C=O) groups is 5. The fourth-order valence-electron chi connectivity index (χ4n) is 5.65. The summed E-state index contributed by atoms with van der Waals surface area (Å²) < 4.78 is 16.2. The first-order valence-electron chi connectivity index (χ1n) is 16.0. The highest BCUT2D eigenvalue weighted by molar-refractivity contribution is 6.25. The molecule has 252 valence electrons. The van der Waals surface area contributed by atoms with E-state index in [0.717, 1.165) is 29.0 Å². The van der Waals surface area contributed by atoms with Gasteiger partial charge < -0.3 is 19.3 Å². The summed E-state index contributed by atoms with van der Waals surface area (Å²) >= 11 is 0. The molecule has 3 aromatic carbocycles. The lowest BCUT2D eigenvalue weighted by atomic mass is 9.87. The first-order chi connectivity index (χ1) is 23.2. The van der Waals surface area contributed by atoms with E-state index in [1.807, 2.05) is 43.3 Å². The lowest BCUT2D eigenvalue weighted by Gasteiger charge is -2.29. The van der Waals surface area contributed by atoms with Crippen LogP contribution < -0.4 is 0 Å². The van der Waals surface area contributed by atoms with Gasteiger partial charge in [0.2, 0.25) is 5.91 Å². The van der Waals surface area contributed by atoms with Crippen molar-refractivity contribution in [2.75, 3.05) is 26.4 Å². The second-order valence-corrected chi connectivity index (χ2v) is 11.6. The van der Waals surface area contributed by atoms with E-state index in [1.54, 1.807) is 48.5 Å². The molecule has 0 spiro atoms. The van der Waals surface area contributed by atoms with Crippen LogP contribution in [-0.2, 0) is 46.2 Å². The van der Waals surface area contributed by atoms with Crippen LogP contribution in [0, 0.1) is 12.8 Å². The van der Waals surface area contributed by atoms with Gasteiger partial charge in [0.15, 0.2) is 17.7 Å². The number of hydrogen-bond acceptors (Lipinski definition) is 9. The third-order valence-corrected chi connectivity index (χ3v) is 7.91. The number of ketones is 2. The molecule has 3 atom stereocenters. The molecule has 1 aliphatic rings. The van der Waals surface area contributed by atoms with Gasteiger partial charge in [0.25, 0.3) is 0 Å². The van der Waals surface area contributed by atoms with Crippen LogP contribution >= 0.6 is 0 Å². The number of aliphatic hydroxyl groups excluding tert-OH is 1. The Morgan fingerprint density at radius 1 is 0.958 bits per heavy atom. The Bertz CT molecular complexity index is 1600. The van der Waals surface area contributed by atoms with Crippen molar-refractivity contribution >= 4 is 35.1 Å². The summed E-state index contributed by atoms with van der Waals surface area (Å²) in [5, 5.41) is 8.97. The fourth-order valence-corrected chi connectivity index (χ4v) is 5.65. The zero-order chi connectivity index (χ0) is 34.5. The number of allylic oxidation sites excluding steroid dienone is 1. The van der Waals surface area contributed by atoms with Crippen molar-refractivity contribution in [1.29, 1.82) is 0 Å². The second kappa shape index (κ2) is 17.8. The van der Waals surface area contributed by atoms with Gasteiger partial charge in [0.1, 0.15) is 6.61 Å². The van der Waals surface area contributed by atoms with Gasteiger partial charge in [-0.2, -0.15) is 0 Å². The van der Waals surface area contributed by atoms with Crippen LogP contribution in [0.2, 0.25) is 0 Å². The first-order valence-corrected chi connectivity index (χ1v) is 16.0. The van der Waals surface area contributed by atoms with E-state index < -0.39 is 41.8 Å². The zero-order valence-electron chi connectivity index (χ0n) is 27.2. The molecule has 0 radical (unpaired) electrons. The number of amides is 2. The largest absolute Gasteiger partial charge is 0.453 e. The number of rotatable bonds is 17. The lowest BCUT2D eigenvalue weighted by Crippen LogP contribution is -2.49. The topological polar surface area (TPSA) is 137 Å². The highest BCUT2D eigenvalue weighted by Crippen LogP contribution is 2.27. The van der Waals surface area contributed by atoms with E-state index in [0.29, 0.717) is 24.0 Å². The van der Waals surface area contributed by atoms with Gasteiger partial charge in [-0.25, -0.2) is 9.69 Å². The van der Waals surface area contributed by atoms with Crippen molar-refractivity contribution in [1.82, 2.24) is 4.90 Å². The second-order valence-electron chi connectivity index (χ2n) is 11.6. The number of imide groups is 1. The smallest absolute Gasteiger partial charge is 0.416 e. The molecule has 1 fully saturated rings. The van der Waals surface area contributed by atoms with Crippen LogP contribution in [0.25, 0.3) is 5.57 Å². The summed E-state index contributed by atoms with van der Waals surface area (Å²) in [6.45, 7) is 3.20. The number of Topliss-reactive ketones (excluding diaryl/α,β-unsaturated/α-hetero) is 1. The van der Waals surface area contributed by atoms with E-state index in [1.165, 1.54) is 0 Å². The fraction of sp³-hybridized carbons (Fsp3) is 0.342. The molecular weight excluding hydrogens is 614 g/mol. The van der Waals surface area contributed by atoms with Crippen LogP contribution in [0.4, 0.5) is 4.79 Å². The summed E-state index contributed by atoms with van der Waals surface area (Å²) in [7, 11) is 0. The minimum Gasteiger partial charge on any atom is -0.453 e. The van der Waals surface area contributed by atoms with E-state index >= 15 is 0 Å². The van der Waals surface area contributed by atoms with Crippen molar-refractivity contribution in [3.8, 4) is 0 Å². The lowest BCUT2D eigenvalue weighted by molar-refractivity contribution is -0.158. The summed E-state index contributed by atoms with van der Waals surface area (Å²) in [6, 6.07) is 24.7. The average Bonchev–Trinajstić information content (AvgIpc) is 3.44. The highest BCUT2D eigenvalue weighted by atomic mass is 16.6. The summed E-state index contributed by atoms with van der Waals surface area (Å²) in [6.07, 6.45) is -0.675. The van der Waals surface area contributed by atoms with E-state index in [2.05, 4.69) is 0 Å². The molecule has 0 saturated carbocycles. The van der Waals surface area contributed by atoms with Crippen molar-refractivity contribution in [3.63, 3.8) is 0 Å². The maximum atomic E-state index is 14.4. The summed E-state index contributed by atoms with van der Waals surface area (Å²) in [5.41, 5.74) is 3.00. The van der Waals surface area contributed by atoms with Gasteiger partial charge in [-0.1, -0.05) is 90.5 Å². The Kier molecular flexibility index (Phi) is 13.3. The molecule has 0 aliphatic carbocycles. The molecule has 1 heterocycles. The van der Waals surface area contributed by atoms with Crippen LogP contribution in [-0.4, -0.2) is 78.1 Å². The molecule has 1 aliphatic heterocycles. The third-order valence-electron chi connectivity index (χ3n) is 7.91. The van der Waals surface area contributed by atoms with Crippen molar-refractivity contribution in [3.05, 3.63) is 113 Å². The number of carbonyl (C=O) groups excluding carboxylic acids is 5. The molecule has 48 heavy (non-hydrogen) atoms. The molecule has 2 amide bonds. The standard InChI is InChI=1S/C38H41NO9/c1-26-11-9-16-30(21-26)32(34(42)17-10-19-46-20-18-40)24-35(43)36(48-27(2)41)33(23-29-14-7-4-8-15-29)37(44)39-31(25-47-38(39)45)22-28-12-5-3-6-13-28/h3-9,11-16,21,24,31,33,36,40H,10,17-20,22-23,25H2,1-2H3/t31-,33-,36-/m1/s1. The number of esters is 1. The van der Waals surface area contributed by atoms with Gasteiger partial charge in [-0.3, -0.25) is 19.2 Å². The predicted molar refractivity (Wildman–Crippen MR) is 178 cm³/mol. The van der Waals surface area contributed by atoms with Gasteiger partial charge in [-0.15, -0.1) is 0 Å². The molecule has 3 aromatic rings. The van der Waals surface area contributed by atoms with Crippen LogP contribution in [0.5, 0.6) is 0 Å². The Morgan fingerprint density at radius 3 is 2.29 bits per heavy atom. The SMILES string of the molecule is CC(=O)O[C@@H](C(=O)C=C(C(=O)CCCOCCO)c1cccc(C)c1)[C@@H](Cc1ccccc1)C(=O)N1C(=O)OC[C@H]1Cc1ccccc1. The summed E-state index contributed by atoms with van der Waals surface area (Å²) in [4.78, 5) is 68.8. The van der Waals surface area contributed by atoms with Crippen molar-refractivity contribution in [2.45, 2.75) is 51.7 Å². The zero-order valence-corrected chi connectivity index (χ0v) is 27.2. The average molecular weight is 656 g/mol. The molecule has 10 heteroatoms. The van der Waals surface area contributed by atoms with Crippen molar-refractivity contribution in [2.24, 2.45) is 5.92 Å². The van der Waals surface area contributed by atoms with Crippen LogP contribution in [0.1, 0.15) is 42.0 Å². The first kappa shape index (κ1) is 35.9. The Morgan fingerprint density at radius 2 is 1.65 bits per heavy atom. The number of hydrogen-bond donors (Lipinski definition) is 1. The molecule has 0 aromatic heterocycles. The van der Waals surface area contributed by atoms with Crippen LogP contribution in [0.15, 0.2) is 91.0 Å². The quantitative estimate of drug-likeness (QED) is 0.125. The van der Waals surface area contributed by atoms with Gasteiger partial charge in [-0.05, 0) is 49.0 Å². The monoisotopic (exact) mass is 655 g/mol. The van der Waals surface area contributed by atoms with Crippen molar-refractivity contribution < 1.29 is 43.3 Å². The van der Waals surface area contributed by atoms with E-state index in [-0.39, 0.29) is 50.6 Å². The number of benzene rings is 3. The minimum absolute atomic E-state index is 0.0301. The minimum atomic E-state index is -1.65. The van der Waals surface area contributed by atoms with E-state index in [4.69, 9.17) is 19.3 Å². The Balaban J connectivity index is 1.73. The molecular formula is C38H41NO9. The Hall–Kier alpha value is -4.93. The molecule has 10 nitrogen and oxygen atoms in total. The normalized spacial score (nSPS) is 15.8. The maximum Gasteiger partial charge on any atom is 0.416 e. The molecule has 1 N–H and O–H groups in total. The highest BCUT2D eigenvalue weighted by Gasteiger charge is 2.45. The number of cyclic esters (lactones) is 1. The third kappa shape index (κ3) is 10.0. The molecule has 1 saturated heterocycles. The molecule has 4 rings (SSSR count). The predicted octanol–water partition coefficient (Wildman–Crippen LogP) is 4.69. The maximum absolute atomic E-state index is 14.4. The number of ether oxygens (including phenoxy) is 3. The number of aliphatic hydroxyl groups is 1. The number of aryl methyl sites for hydroxylation is 1. The van der Waals surface area contributed by atoms with Crippen LogP contribution in [0.3, 0.4) is 0 Å². The Labute approximate surface area is 280 Å². The van der Waals surface area contributed by atoms with Gasteiger partial charge >= 0.3 is 12.1 Å².